The highest BCUT2D eigenvalue weighted by Crippen LogP contribution is 2.22. The van der Waals surface area contributed by atoms with Gasteiger partial charge in [0.2, 0.25) is 15.9 Å². The van der Waals surface area contributed by atoms with E-state index < -0.39 is 15.9 Å². The monoisotopic (exact) mass is 526 g/mol. The highest BCUT2D eigenvalue weighted by molar-refractivity contribution is 9.10. The molecule has 30 heavy (non-hydrogen) atoms. The van der Waals surface area contributed by atoms with Gasteiger partial charge in [0.05, 0.1) is 11.4 Å². The molecular weight excluding hydrogens is 511 g/mol. The number of sulfonamides is 1. The topological polar surface area (TPSA) is 66.5 Å². The van der Waals surface area contributed by atoms with Gasteiger partial charge < -0.3 is 5.32 Å². The lowest BCUT2D eigenvalue weighted by molar-refractivity contribution is -0.116. The third kappa shape index (κ3) is 6.06. The summed E-state index contributed by atoms with van der Waals surface area (Å²) in [5.74, 6) is -0.480. The number of hydrogen-bond acceptors (Lipinski definition) is 3. The molecule has 0 radical (unpaired) electrons. The predicted octanol–water partition coefficient (Wildman–Crippen LogP) is 5.59. The van der Waals surface area contributed by atoms with Crippen LogP contribution in [0.5, 0.6) is 0 Å². The smallest absolute Gasteiger partial charge is 0.243 e. The Bertz CT molecular complexity index is 1140. The van der Waals surface area contributed by atoms with E-state index in [0.717, 1.165) is 14.3 Å². The van der Waals surface area contributed by atoms with E-state index in [2.05, 4.69) is 21.2 Å². The average Bonchev–Trinajstić information content (AvgIpc) is 2.69. The number of benzene rings is 3. The number of amides is 1. The molecule has 3 aromatic rings. The molecule has 156 valence electrons. The van der Waals surface area contributed by atoms with Crippen molar-refractivity contribution in [3.63, 3.8) is 0 Å². The second-order valence-corrected chi connectivity index (χ2v) is 10.1. The van der Waals surface area contributed by atoms with Gasteiger partial charge >= 0.3 is 0 Å². The summed E-state index contributed by atoms with van der Waals surface area (Å²) in [5.41, 5.74) is 1.23. The van der Waals surface area contributed by atoms with Crippen molar-refractivity contribution in [2.75, 3.05) is 11.9 Å². The first-order valence-electron chi connectivity index (χ1n) is 8.79. The van der Waals surface area contributed by atoms with E-state index in [9.17, 15) is 13.2 Å². The van der Waals surface area contributed by atoms with Crippen LogP contribution in [0.15, 0.2) is 82.2 Å². The van der Waals surface area contributed by atoms with Crippen molar-refractivity contribution in [2.24, 2.45) is 0 Å². The zero-order valence-corrected chi connectivity index (χ0v) is 19.5. The Morgan fingerprint density at radius 3 is 2.23 bits per heavy atom. The van der Waals surface area contributed by atoms with E-state index in [4.69, 9.17) is 23.2 Å². The maximum atomic E-state index is 13.2. The third-order valence-corrected chi connectivity index (χ3v) is 6.97. The van der Waals surface area contributed by atoms with Crippen molar-refractivity contribution in [2.45, 2.75) is 11.4 Å². The summed E-state index contributed by atoms with van der Waals surface area (Å²) in [4.78, 5) is 12.7. The van der Waals surface area contributed by atoms with Crippen LogP contribution in [0.25, 0.3) is 0 Å². The first-order valence-corrected chi connectivity index (χ1v) is 11.8. The van der Waals surface area contributed by atoms with Crippen LogP contribution < -0.4 is 5.32 Å². The molecule has 0 saturated heterocycles. The largest absolute Gasteiger partial charge is 0.325 e. The summed E-state index contributed by atoms with van der Waals surface area (Å²) in [6.07, 6.45) is 0. The van der Waals surface area contributed by atoms with Gasteiger partial charge in [-0.3, -0.25) is 4.79 Å². The van der Waals surface area contributed by atoms with Gasteiger partial charge in [-0.15, -0.1) is 0 Å². The lowest BCUT2D eigenvalue weighted by atomic mass is 10.2. The summed E-state index contributed by atoms with van der Waals surface area (Å²) < 4.78 is 28.5. The van der Waals surface area contributed by atoms with E-state index in [0.29, 0.717) is 15.7 Å². The van der Waals surface area contributed by atoms with Gasteiger partial charge in [-0.1, -0.05) is 57.3 Å². The minimum Gasteiger partial charge on any atom is -0.325 e. The Balaban J connectivity index is 1.87. The van der Waals surface area contributed by atoms with E-state index >= 15 is 0 Å². The number of rotatable bonds is 7. The number of nitrogens with zero attached hydrogens (tertiary/aromatic N) is 1. The number of carbonyl (C=O) groups is 1. The molecule has 3 rings (SSSR count). The van der Waals surface area contributed by atoms with E-state index in [1.807, 2.05) is 12.1 Å². The summed E-state index contributed by atoms with van der Waals surface area (Å²) in [7, 11) is -3.95. The Labute approximate surface area is 193 Å². The van der Waals surface area contributed by atoms with Gasteiger partial charge in [-0.25, -0.2) is 8.42 Å². The molecule has 0 aromatic heterocycles. The lowest BCUT2D eigenvalue weighted by Gasteiger charge is -2.22. The van der Waals surface area contributed by atoms with Crippen molar-refractivity contribution in [3.8, 4) is 0 Å². The first-order chi connectivity index (χ1) is 14.2. The maximum absolute atomic E-state index is 13.2. The van der Waals surface area contributed by atoms with E-state index in [1.165, 1.54) is 24.3 Å². The average molecular weight is 528 g/mol. The summed E-state index contributed by atoms with van der Waals surface area (Å²) in [5, 5.41) is 3.57. The Hall–Kier alpha value is -1.90. The van der Waals surface area contributed by atoms with Crippen LogP contribution in [-0.4, -0.2) is 25.2 Å². The normalized spacial score (nSPS) is 11.5. The van der Waals surface area contributed by atoms with Crippen LogP contribution in [0.1, 0.15) is 5.56 Å². The molecule has 0 atom stereocenters. The van der Waals surface area contributed by atoms with Gasteiger partial charge in [0.25, 0.3) is 0 Å². The molecule has 9 heteroatoms. The minimum atomic E-state index is -3.95. The third-order valence-electron chi connectivity index (χ3n) is 4.15. The molecule has 0 spiro atoms. The lowest BCUT2D eigenvalue weighted by Crippen LogP contribution is -2.37. The molecule has 3 aromatic carbocycles. The maximum Gasteiger partial charge on any atom is 0.243 e. The highest BCUT2D eigenvalue weighted by atomic mass is 79.9. The Morgan fingerprint density at radius 2 is 1.60 bits per heavy atom. The zero-order chi connectivity index (χ0) is 21.7. The molecule has 0 unspecified atom stereocenters. The van der Waals surface area contributed by atoms with Gasteiger partial charge in [0, 0.05) is 26.8 Å². The van der Waals surface area contributed by atoms with Crippen molar-refractivity contribution in [1.29, 1.82) is 0 Å². The van der Waals surface area contributed by atoms with Crippen LogP contribution in [0, 0.1) is 0 Å². The molecule has 1 N–H and O–H groups in total. The van der Waals surface area contributed by atoms with E-state index in [1.54, 1.807) is 36.4 Å². The summed E-state index contributed by atoms with van der Waals surface area (Å²) in [6.45, 7) is -0.339. The number of carbonyl (C=O) groups excluding carboxylic acids is 1. The molecule has 0 bridgehead atoms. The summed E-state index contributed by atoms with van der Waals surface area (Å²) >= 11 is 15.2. The Kier molecular flexibility index (Phi) is 7.55. The molecule has 0 heterocycles. The molecule has 0 fully saturated rings. The first kappa shape index (κ1) is 22.8. The van der Waals surface area contributed by atoms with Gasteiger partial charge in [-0.05, 0) is 60.2 Å². The highest BCUT2D eigenvalue weighted by Gasteiger charge is 2.27. The van der Waals surface area contributed by atoms with Gasteiger partial charge in [0.1, 0.15) is 0 Å². The fraction of sp³-hybridized carbons (Fsp3) is 0.0952. The fourth-order valence-electron chi connectivity index (χ4n) is 2.70. The molecule has 0 saturated carbocycles. The molecule has 1 amide bonds. The molecule has 0 aliphatic carbocycles. The van der Waals surface area contributed by atoms with Crippen molar-refractivity contribution in [3.05, 3.63) is 92.9 Å². The Morgan fingerprint density at radius 1 is 0.933 bits per heavy atom. The summed E-state index contributed by atoms with van der Waals surface area (Å²) in [6, 6.07) is 19.7. The second kappa shape index (κ2) is 9.94. The molecule has 0 aliphatic rings. The number of halogens is 3. The van der Waals surface area contributed by atoms with Crippen LogP contribution >= 0.6 is 39.1 Å². The van der Waals surface area contributed by atoms with Crippen LogP contribution in [0.2, 0.25) is 10.0 Å². The second-order valence-electron chi connectivity index (χ2n) is 6.41. The van der Waals surface area contributed by atoms with Crippen LogP contribution in [0.3, 0.4) is 0 Å². The van der Waals surface area contributed by atoms with Gasteiger partial charge in [0.15, 0.2) is 0 Å². The zero-order valence-electron chi connectivity index (χ0n) is 15.6. The predicted molar refractivity (Wildman–Crippen MR) is 123 cm³/mol. The van der Waals surface area contributed by atoms with Crippen molar-refractivity contribution >= 4 is 60.7 Å². The van der Waals surface area contributed by atoms with Gasteiger partial charge in [-0.2, -0.15) is 4.31 Å². The van der Waals surface area contributed by atoms with Crippen molar-refractivity contribution in [1.82, 2.24) is 4.31 Å². The molecular formula is C21H17BrCl2N2O3S. The quantitative estimate of drug-likeness (QED) is 0.435. The molecule has 0 aliphatic heterocycles. The number of hydrogen-bond donors (Lipinski definition) is 1. The minimum absolute atomic E-state index is 0.0290. The van der Waals surface area contributed by atoms with Crippen LogP contribution in [0.4, 0.5) is 5.69 Å². The number of anilines is 1. The van der Waals surface area contributed by atoms with Crippen LogP contribution in [-0.2, 0) is 21.4 Å². The van der Waals surface area contributed by atoms with Crippen molar-refractivity contribution < 1.29 is 13.2 Å². The molecule has 5 nitrogen and oxygen atoms in total. The number of nitrogens with one attached hydrogen (secondary N) is 1. The standard InChI is InChI=1S/C21H17BrCl2N2O3S/c22-16-6-4-15(5-7-16)13-26(30(28,29)20-10-8-17(23)9-11-20)14-21(27)25-19-3-1-2-18(24)12-19/h1-12H,13-14H2,(H,25,27). The fourth-order valence-corrected chi connectivity index (χ4v) is 4.67. The van der Waals surface area contributed by atoms with E-state index in [-0.39, 0.29) is 18.0 Å². The SMILES string of the molecule is O=C(CN(Cc1ccc(Br)cc1)S(=O)(=O)c1ccc(Cl)cc1)Nc1cccc(Cl)c1.